The minimum absolute atomic E-state index is 0.120. The predicted octanol–water partition coefficient (Wildman–Crippen LogP) is 2.59. The van der Waals surface area contributed by atoms with E-state index in [1.54, 1.807) is 0 Å². The average molecular weight is 270 g/mol. The molecule has 0 spiro atoms. The van der Waals surface area contributed by atoms with E-state index in [0.29, 0.717) is 12.6 Å². The number of benzene rings is 1. The van der Waals surface area contributed by atoms with Crippen LogP contribution in [-0.2, 0) is 11.3 Å². The van der Waals surface area contributed by atoms with Crippen molar-refractivity contribution in [1.82, 2.24) is 9.88 Å². The van der Waals surface area contributed by atoms with Gasteiger partial charge in [0.15, 0.2) is 0 Å². The van der Waals surface area contributed by atoms with Crippen LogP contribution in [0.25, 0.3) is 10.9 Å². The standard InChI is InChI=1S/C16H18N2O2/c1-11-2-4-13-8-12(3-7-15(13)17-11)9-18(10-16(19)20)14-5-6-14/h2-4,7-8,14H,5-6,9-10H2,1H3,(H,19,20). The van der Waals surface area contributed by atoms with E-state index < -0.39 is 5.97 Å². The van der Waals surface area contributed by atoms with Crippen LogP contribution in [0.2, 0.25) is 0 Å². The number of aromatic nitrogens is 1. The van der Waals surface area contributed by atoms with Crippen molar-refractivity contribution in [3.05, 3.63) is 41.6 Å². The van der Waals surface area contributed by atoms with Gasteiger partial charge in [-0.3, -0.25) is 14.7 Å². The van der Waals surface area contributed by atoms with Gasteiger partial charge in [-0.2, -0.15) is 0 Å². The Morgan fingerprint density at radius 3 is 2.85 bits per heavy atom. The molecule has 1 saturated carbocycles. The average Bonchev–Trinajstić information content (AvgIpc) is 3.22. The highest BCUT2D eigenvalue weighted by Crippen LogP contribution is 2.28. The van der Waals surface area contributed by atoms with Gasteiger partial charge in [-0.15, -0.1) is 0 Å². The Balaban J connectivity index is 1.82. The number of pyridine rings is 1. The van der Waals surface area contributed by atoms with Gasteiger partial charge in [-0.1, -0.05) is 12.1 Å². The molecule has 0 bridgehead atoms. The first-order chi connectivity index (χ1) is 9.61. The van der Waals surface area contributed by atoms with Gasteiger partial charge in [0.25, 0.3) is 0 Å². The van der Waals surface area contributed by atoms with Crippen LogP contribution in [0.3, 0.4) is 0 Å². The lowest BCUT2D eigenvalue weighted by Crippen LogP contribution is -2.31. The summed E-state index contributed by atoms with van der Waals surface area (Å²) in [5.74, 6) is -0.755. The summed E-state index contributed by atoms with van der Waals surface area (Å²) in [5, 5.41) is 10.1. The van der Waals surface area contributed by atoms with Gasteiger partial charge in [-0.05, 0) is 43.5 Å². The maximum atomic E-state index is 10.9. The van der Waals surface area contributed by atoms with Crippen molar-refractivity contribution < 1.29 is 9.90 Å². The third-order valence-electron chi connectivity index (χ3n) is 3.68. The second kappa shape index (κ2) is 5.21. The minimum atomic E-state index is -0.755. The number of carboxylic acid groups (broad SMARTS) is 1. The molecule has 4 nitrogen and oxygen atoms in total. The van der Waals surface area contributed by atoms with Gasteiger partial charge in [0.05, 0.1) is 12.1 Å². The van der Waals surface area contributed by atoms with Gasteiger partial charge in [0.1, 0.15) is 0 Å². The highest BCUT2D eigenvalue weighted by Gasteiger charge is 2.30. The second-order valence-electron chi connectivity index (χ2n) is 5.51. The molecule has 1 aliphatic carbocycles. The molecule has 0 unspecified atom stereocenters. The van der Waals surface area contributed by atoms with Crippen LogP contribution in [-0.4, -0.2) is 33.5 Å². The quantitative estimate of drug-likeness (QED) is 0.907. The van der Waals surface area contributed by atoms with Crippen molar-refractivity contribution >= 4 is 16.9 Å². The summed E-state index contributed by atoms with van der Waals surface area (Å²) in [5.41, 5.74) is 3.15. The molecule has 1 aromatic heterocycles. The molecule has 3 rings (SSSR count). The molecule has 1 fully saturated rings. The number of nitrogens with zero attached hydrogens (tertiary/aromatic N) is 2. The lowest BCUT2D eigenvalue weighted by atomic mass is 10.1. The predicted molar refractivity (Wildman–Crippen MR) is 77.5 cm³/mol. The third kappa shape index (κ3) is 2.96. The van der Waals surface area contributed by atoms with Crippen molar-refractivity contribution in [3.8, 4) is 0 Å². The Hall–Kier alpha value is -1.94. The van der Waals surface area contributed by atoms with Crippen LogP contribution in [0.5, 0.6) is 0 Å². The van der Waals surface area contributed by atoms with Crippen molar-refractivity contribution in [2.24, 2.45) is 0 Å². The molecular formula is C16H18N2O2. The van der Waals surface area contributed by atoms with Gasteiger partial charge in [0, 0.05) is 23.7 Å². The molecule has 0 radical (unpaired) electrons. The summed E-state index contributed by atoms with van der Waals surface area (Å²) in [7, 11) is 0. The van der Waals surface area contributed by atoms with E-state index >= 15 is 0 Å². The summed E-state index contributed by atoms with van der Waals surface area (Å²) in [4.78, 5) is 17.5. The van der Waals surface area contributed by atoms with E-state index in [1.807, 2.05) is 30.0 Å². The number of aliphatic carboxylic acids is 1. The molecule has 1 aliphatic rings. The van der Waals surface area contributed by atoms with Gasteiger partial charge >= 0.3 is 5.97 Å². The summed E-state index contributed by atoms with van der Waals surface area (Å²) in [6, 6.07) is 10.7. The highest BCUT2D eigenvalue weighted by atomic mass is 16.4. The van der Waals surface area contributed by atoms with Crippen LogP contribution in [0.1, 0.15) is 24.1 Å². The summed E-state index contributed by atoms with van der Waals surface area (Å²) in [6.45, 7) is 2.80. The monoisotopic (exact) mass is 270 g/mol. The fourth-order valence-electron chi connectivity index (χ4n) is 2.54. The Morgan fingerprint density at radius 2 is 2.15 bits per heavy atom. The molecule has 0 saturated heterocycles. The number of hydrogen-bond donors (Lipinski definition) is 1. The molecule has 104 valence electrons. The zero-order valence-electron chi connectivity index (χ0n) is 11.5. The fraction of sp³-hybridized carbons (Fsp3) is 0.375. The Morgan fingerprint density at radius 1 is 1.35 bits per heavy atom. The number of hydrogen-bond acceptors (Lipinski definition) is 3. The molecule has 0 amide bonds. The molecular weight excluding hydrogens is 252 g/mol. The minimum Gasteiger partial charge on any atom is -0.480 e. The van der Waals surface area contributed by atoms with Crippen LogP contribution < -0.4 is 0 Å². The Bertz CT molecular complexity index is 650. The van der Waals surface area contributed by atoms with E-state index in [9.17, 15) is 4.79 Å². The van der Waals surface area contributed by atoms with Gasteiger partial charge in [0.2, 0.25) is 0 Å². The molecule has 4 heteroatoms. The third-order valence-corrected chi connectivity index (χ3v) is 3.68. The first-order valence-electron chi connectivity index (χ1n) is 6.94. The van der Waals surface area contributed by atoms with Crippen LogP contribution >= 0.6 is 0 Å². The highest BCUT2D eigenvalue weighted by molar-refractivity contribution is 5.79. The molecule has 20 heavy (non-hydrogen) atoms. The maximum Gasteiger partial charge on any atom is 0.317 e. The zero-order chi connectivity index (χ0) is 14.1. The normalized spacial score (nSPS) is 14.9. The van der Waals surface area contributed by atoms with Crippen molar-refractivity contribution in [2.75, 3.05) is 6.54 Å². The number of fused-ring (bicyclic) bond motifs is 1. The van der Waals surface area contributed by atoms with Crippen molar-refractivity contribution in [2.45, 2.75) is 32.4 Å². The largest absolute Gasteiger partial charge is 0.480 e. The summed E-state index contributed by atoms with van der Waals surface area (Å²) < 4.78 is 0. The molecule has 1 N–H and O–H groups in total. The van der Waals surface area contributed by atoms with Crippen molar-refractivity contribution in [1.29, 1.82) is 0 Å². The van der Waals surface area contributed by atoms with Crippen LogP contribution in [0, 0.1) is 6.92 Å². The summed E-state index contributed by atoms with van der Waals surface area (Å²) >= 11 is 0. The smallest absolute Gasteiger partial charge is 0.317 e. The molecule has 2 aromatic rings. The molecule has 0 atom stereocenters. The van der Waals surface area contributed by atoms with Crippen LogP contribution in [0.4, 0.5) is 0 Å². The first kappa shape index (κ1) is 13.1. The number of carboxylic acids is 1. The van der Waals surface area contributed by atoms with E-state index in [4.69, 9.17) is 5.11 Å². The number of aryl methyl sites for hydroxylation is 1. The zero-order valence-corrected chi connectivity index (χ0v) is 11.5. The SMILES string of the molecule is Cc1ccc2cc(CN(CC(=O)O)C3CC3)ccc2n1. The number of carbonyl (C=O) groups is 1. The molecule has 1 aromatic carbocycles. The fourth-order valence-corrected chi connectivity index (χ4v) is 2.54. The van der Waals surface area contributed by atoms with Crippen LogP contribution in [0.15, 0.2) is 30.3 Å². The van der Waals surface area contributed by atoms with E-state index in [1.165, 1.54) is 0 Å². The lowest BCUT2D eigenvalue weighted by molar-refractivity contribution is -0.138. The van der Waals surface area contributed by atoms with E-state index in [-0.39, 0.29) is 6.54 Å². The molecule has 0 aliphatic heterocycles. The molecule has 1 heterocycles. The van der Waals surface area contributed by atoms with Gasteiger partial charge < -0.3 is 5.11 Å². The topological polar surface area (TPSA) is 53.4 Å². The Kier molecular flexibility index (Phi) is 3.40. The second-order valence-corrected chi connectivity index (χ2v) is 5.51. The Labute approximate surface area is 118 Å². The van der Waals surface area contributed by atoms with Crippen molar-refractivity contribution in [3.63, 3.8) is 0 Å². The van der Waals surface area contributed by atoms with Gasteiger partial charge in [-0.25, -0.2) is 0 Å². The number of rotatable bonds is 5. The van der Waals surface area contributed by atoms with E-state index in [0.717, 1.165) is 35.0 Å². The summed E-state index contributed by atoms with van der Waals surface area (Å²) in [6.07, 6.45) is 2.23. The van der Waals surface area contributed by atoms with E-state index in [2.05, 4.69) is 17.1 Å². The lowest BCUT2D eigenvalue weighted by Gasteiger charge is -2.19. The first-order valence-corrected chi connectivity index (χ1v) is 6.94. The maximum absolute atomic E-state index is 10.9.